The minimum atomic E-state index is -0.371. The fourth-order valence-corrected chi connectivity index (χ4v) is 3.48. The molecule has 2 amide bonds. The second kappa shape index (κ2) is 10.3. The van der Waals surface area contributed by atoms with Crippen molar-refractivity contribution < 1.29 is 18.7 Å². The molecule has 1 saturated heterocycles. The molecule has 2 N–H and O–H groups in total. The summed E-state index contributed by atoms with van der Waals surface area (Å²) in [6, 6.07) is 9.21. The Kier molecular flexibility index (Phi) is 7.54. The normalized spacial score (nSPS) is 15.2. The molecule has 1 aliphatic heterocycles. The first-order chi connectivity index (χ1) is 14.1. The maximum absolute atomic E-state index is 12.7. The summed E-state index contributed by atoms with van der Waals surface area (Å²) in [5.41, 5.74) is 7.23. The third kappa shape index (κ3) is 5.74. The number of aromatic nitrogens is 1. The summed E-state index contributed by atoms with van der Waals surface area (Å²) >= 11 is 1.70. The lowest BCUT2D eigenvalue weighted by atomic mass is 10.2. The highest BCUT2D eigenvalue weighted by atomic mass is 32.2. The Balaban J connectivity index is 1.47. The second-order valence-electron chi connectivity index (χ2n) is 6.78. The summed E-state index contributed by atoms with van der Waals surface area (Å²) in [6.45, 7) is 1.89. The molecule has 9 heteroatoms. The number of thioether (sulfide) groups is 1. The number of oxazole rings is 1. The van der Waals surface area contributed by atoms with Gasteiger partial charge in [0.25, 0.3) is 5.91 Å². The van der Waals surface area contributed by atoms with Crippen molar-refractivity contribution in [2.24, 2.45) is 5.73 Å². The Bertz CT molecular complexity index is 806. The maximum atomic E-state index is 12.7. The minimum absolute atomic E-state index is 0.214. The summed E-state index contributed by atoms with van der Waals surface area (Å²) in [6.07, 6.45) is 3.73. The van der Waals surface area contributed by atoms with Gasteiger partial charge < -0.3 is 24.7 Å². The SMILES string of the molecule is CSCCC(N)c1nc(C(=O)N2CCN(C(=O)OCc3ccccc3)CC2)co1. The molecule has 1 aromatic carbocycles. The highest BCUT2D eigenvalue weighted by molar-refractivity contribution is 7.98. The molecule has 1 fully saturated rings. The number of ether oxygens (including phenoxy) is 1. The largest absolute Gasteiger partial charge is 0.446 e. The van der Waals surface area contributed by atoms with Crippen LogP contribution in [-0.2, 0) is 11.3 Å². The van der Waals surface area contributed by atoms with Crippen molar-refractivity contribution in [3.8, 4) is 0 Å². The van der Waals surface area contributed by atoms with Crippen LogP contribution in [0, 0.1) is 0 Å². The van der Waals surface area contributed by atoms with E-state index >= 15 is 0 Å². The number of benzene rings is 1. The average Bonchev–Trinajstić information content (AvgIpc) is 3.26. The highest BCUT2D eigenvalue weighted by Gasteiger charge is 2.27. The van der Waals surface area contributed by atoms with E-state index < -0.39 is 0 Å². The zero-order valence-corrected chi connectivity index (χ0v) is 17.3. The van der Waals surface area contributed by atoms with Crippen LogP contribution in [0.25, 0.3) is 0 Å². The number of amides is 2. The van der Waals surface area contributed by atoms with Gasteiger partial charge in [0, 0.05) is 26.2 Å². The standard InChI is InChI=1S/C20H26N4O4S/c1-29-12-7-16(21)18-22-17(14-27-18)19(25)23-8-10-24(11-9-23)20(26)28-13-15-5-3-2-4-6-15/h2-6,14,16H,7-13,21H2,1H3. The zero-order valence-electron chi connectivity index (χ0n) is 16.5. The van der Waals surface area contributed by atoms with E-state index in [-0.39, 0.29) is 30.3 Å². The molecule has 3 rings (SSSR count). The first-order valence-electron chi connectivity index (χ1n) is 9.53. The zero-order chi connectivity index (χ0) is 20.6. The number of nitrogens with zero attached hydrogens (tertiary/aromatic N) is 3. The van der Waals surface area contributed by atoms with Gasteiger partial charge in [0.05, 0.1) is 6.04 Å². The quantitative estimate of drug-likeness (QED) is 0.737. The molecule has 2 aromatic rings. The molecule has 1 unspecified atom stereocenters. The van der Waals surface area contributed by atoms with Gasteiger partial charge in [-0.15, -0.1) is 0 Å². The Hall–Kier alpha value is -2.52. The number of rotatable bonds is 7. The smallest absolute Gasteiger partial charge is 0.410 e. The summed E-state index contributed by atoms with van der Waals surface area (Å²) in [4.78, 5) is 32.4. The van der Waals surface area contributed by atoms with Crippen LogP contribution in [0.1, 0.15) is 34.4 Å². The molecule has 1 aliphatic rings. The molecule has 2 heterocycles. The molecule has 0 radical (unpaired) electrons. The van der Waals surface area contributed by atoms with Crippen molar-refractivity contribution in [2.45, 2.75) is 19.1 Å². The first-order valence-corrected chi connectivity index (χ1v) is 10.9. The molecule has 1 aromatic heterocycles. The number of hydrogen-bond donors (Lipinski definition) is 1. The van der Waals surface area contributed by atoms with Crippen LogP contribution in [-0.4, -0.2) is 65.0 Å². The molecule has 0 aliphatic carbocycles. The van der Waals surface area contributed by atoms with Gasteiger partial charge in [-0.1, -0.05) is 30.3 Å². The van der Waals surface area contributed by atoms with Gasteiger partial charge >= 0.3 is 6.09 Å². The Labute approximate surface area is 174 Å². The molecule has 0 bridgehead atoms. The van der Waals surface area contributed by atoms with Crippen LogP contribution in [0.4, 0.5) is 4.79 Å². The van der Waals surface area contributed by atoms with Crippen LogP contribution >= 0.6 is 11.8 Å². The molecule has 0 saturated carbocycles. The van der Waals surface area contributed by atoms with E-state index in [1.54, 1.807) is 21.6 Å². The first kappa shape index (κ1) is 21.2. The summed E-state index contributed by atoms with van der Waals surface area (Å²) in [7, 11) is 0. The molecular weight excluding hydrogens is 392 g/mol. The predicted molar refractivity (Wildman–Crippen MR) is 111 cm³/mol. The monoisotopic (exact) mass is 418 g/mol. The number of hydrogen-bond acceptors (Lipinski definition) is 7. The Morgan fingerprint density at radius 1 is 1.21 bits per heavy atom. The van der Waals surface area contributed by atoms with Gasteiger partial charge in [0.1, 0.15) is 12.9 Å². The van der Waals surface area contributed by atoms with Crippen LogP contribution in [0.3, 0.4) is 0 Å². The Morgan fingerprint density at radius 2 is 1.90 bits per heavy atom. The fourth-order valence-electron chi connectivity index (χ4n) is 2.99. The second-order valence-corrected chi connectivity index (χ2v) is 7.76. The molecule has 0 spiro atoms. The van der Waals surface area contributed by atoms with Crippen LogP contribution in [0.5, 0.6) is 0 Å². The van der Waals surface area contributed by atoms with Crippen LogP contribution < -0.4 is 5.73 Å². The maximum Gasteiger partial charge on any atom is 0.410 e. The highest BCUT2D eigenvalue weighted by Crippen LogP contribution is 2.17. The van der Waals surface area contributed by atoms with Gasteiger partial charge in [-0.3, -0.25) is 4.79 Å². The molecule has 156 valence electrons. The van der Waals surface area contributed by atoms with E-state index in [4.69, 9.17) is 14.9 Å². The number of carbonyl (C=O) groups is 2. The van der Waals surface area contributed by atoms with E-state index in [0.717, 1.165) is 17.7 Å². The lowest BCUT2D eigenvalue weighted by Crippen LogP contribution is -2.50. The third-order valence-corrected chi connectivity index (χ3v) is 5.37. The van der Waals surface area contributed by atoms with Crippen LogP contribution in [0.2, 0.25) is 0 Å². The van der Waals surface area contributed by atoms with Gasteiger partial charge in [0.2, 0.25) is 5.89 Å². The predicted octanol–water partition coefficient (Wildman–Crippen LogP) is 2.52. The van der Waals surface area contributed by atoms with Crippen molar-refractivity contribution in [1.82, 2.24) is 14.8 Å². The number of carbonyl (C=O) groups excluding carboxylic acids is 2. The lowest BCUT2D eigenvalue weighted by Gasteiger charge is -2.33. The third-order valence-electron chi connectivity index (χ3n) is 4.72. The molecule has 8 nitrogen and oxygen atoms in total. The summed E-state index contributed by atoms with van der Waals surface area (Å²) < 4.78 is 10.7. The Morgan fingerprint density at radius 3 is 2.59 bits per heavy atom. The summed E-state index contributed by atoms with van der Waals surface area (Å²) in [5.74, 6) is 1.06. The van der Waals surface area contributed by atoms with Crippen molar-refractivity contribution in [2.75, 3.05) is 38.2 Å². The number of piperazine rings is 1. The molecule has 1 atom stereocenters. The summed E-state index contributed by atoms with van der Waals surface area (Å²) in [5, 5.41) is 0. The van der Waals surface area contributed by atoms with Gasteiger partial charge in [0.15, 0.2) is 5.69 Å². The van der Waals surface area contributed by atoms with Crippen molar-refractivity contribution >= 4 is 23.8 Å². The van der Waals surface area contributed by atoms with Gasteiger partial charge in [-0.05, 0) is 24.0 Å². The van der Waals surface area contributed by atoms with E-state index in [0.29, 0.717) is 32.1 Å². The fraction of sp³-hybridized carbons (Fsp3) is 0.450. The number of nitrogens with two attached hydrogens (primary N) is 1. The minimum Gasteiger partial charge on any atom is -0.446 e. The van der Waals surface area contributed by atoms with E-state index in [1.807, 2.05) is 36.6 Å². The van der Waals surface area contributed by atoms with Gasteiger partial charge in [-0.25, -0.2) is 9.78 Å². The van der Waals surface area contributed by atoms with Crippen LogP contribution in [0.15, 0.2) is 41.0 Å². The topological polar surface area (TPSA) is 102 Å². The average molecular weight is 419 g/mol. The van der Waals surface area contributed by atoms with E-state index in [1.165, 1.54) is 6.26 Å². The van der Waals surface area contributed by atoms with Crippen molar-refractivity contribution in [3.63, 3.8) is 0 Å². The van der Waals surface area contributed by atoms with Crippen molar-refractivity contribution in [3.05, 3.63) is 53.7 Å². The van der Waals surface area contributed by atoms with E-state index in [2.05, 4.69) is 4.98 Å². The van der Waals surface area contributed by atoms with Crippen molar-refractivity contribution in [1.29, 1.82) is 0 Å². The van der Waals surface area contributed by atoms with E-state index in [9.17, 15) is 9.59 Å². The molecule has 29 heavy (non-hydrogen) atoms. The van der Waals surface area contributed by atoms with Gasteiger partial charge in [-0.2, -0.15) is 11.8 Å². The lowest BCUT2D eigenvalue weighted by molar-refractivity contribution is 0.0539. The molecular formula is C20H26N4O4S.